The van der Waals surface area contributed by atoms with Crippen molar-refractivity contribution in [2.45, 2.75) is 131 Å². The van der Waals surface area contributed by atoms with E-state index in [0.29, 0.717) is 5.25 Å². The maximum Gasteiger partial charge on any atom is 0.259 e. The highest BCUT2D eigenvalue weighted by molar-refractivity contribution is 8.06. The molecule has 316 valence electrons. The van der Waals surface area contributed by atoms with Crippen molar-refractivity contribution in [3.63, 3.8) is 0 Å². The van der Waals surface area contributed by atoms with Crippen molar-refractivity contribution in [3.8, 4) is 11.1 Å². The number of anilines is 5. The van der Waals surface area contributed by atoms with Gasteiger partial charge < -0.3 is 9.80 Å². The lowest BCUT2D eigenvalue weighted by molar-refractivity contribution is 0.332. The molecule has 0 saturated carbocycles. The third kappa shape index (κ3) is 6.43. The summed E-state index contributed by atoms with van der Waals surface area (Å²) in [7, 11) is 0. The van der Waals surface area contributed by atoms with Crippen LogP contribution in [-0.4, -0.2) is 12.0 Å². The van der Waals surface area contributed by atoms with Crippen LogP contribution in [0, 0.1) is 39.0 Å². The van der Waals surface area contributed by atoms with Crippen LogP contribution in [0.2, 0.25) is 0 Å². The molecule has 0 aromatic heterocycles. The summed E-state index contributed by atoms with van der Waals surface area (Å²) in [6.45, 7) is 33.2. The van der Waals surface area contributed by atoms with Gasteiger partial charge in [-0.15, -0.1) is 11.8 Å². The Balaban J connectivity index is 1.33. The second kappa shape index (κ2) is 13.9. The summed E-state index contributed by atoms with van der Waals surface area (Å²) >= 11 is 2.13. The van der Waals surface area contributed by atoms with E-state index >= 15 is 0 Å². The Morgan fingerprint density at radius 2 is 1.21 bits per heavy atom. The van der Waals surface area contributed by atoms with Crippen LogP contribution < -0.4 is 20.7 Å². The predicted octanol–water partition coefficient (Wildman–Crippen LogP) is 14.8. The molecule has 5 aromatic carbocycles. The number of fused-ring (bicyclic) bond motifs is 6. The molecule has 5 aromatic rings. The minimum absolute atomic E-state index is 0.0572. The molecule has 62 heavy (non-hydrogen) atoms. The monoisotopic (exact) mass is 832 g/mol. The Kier molecular flexibility index (Phi) is 9.28. The largest absolute Gasteiger partial charge is 0.314 e. The average molecular weight is 833 g/mol. The summed E-state index contributed by atoms with van der Waals surface area (Å²) in [4.78, 5) is 6.92. The quantitative estimate of drug-likeness (QED) is 0.167. The van der Waals surface area contributed by atoms with Gasteiger partial charge in [0.25, 0.3) is 6.71 Å². The van der Waals surface area contributed by atoms with E-state index in [1.165, 1.54) is 118 Å². The lowest BCUT2D eigenvalue weighted by Crippen LogP contribution is -2.56. The van der Waals surface area contributed by atoms with E-state index in [1.54, 1.807) is 0 Å². The van der Waals surface area contributed by atoms with Gasteiger partial charge in [0.05, 0.1) is 5.69 Å². The molecule has 3 aliphatic heterocycles. The minimum atomic E-state index is 0.0572. The maximum atomic E-state index is 2.70. The SMILES string of the molecule is Cc1ccc(-c2ccc(C)cc2N2c3cc4c(cc3B3C5=C(C6C=C(C(C)(C)C)C=CC6S5)N(c5ccc(C(C)(C)C)cc5)c5cc(C)cc2c53)C(C)(C)CCC4(C)C)c(C)c1. The first kappa shape index (κ1) is 41.4. The number of aryl methyl sites for hydroxylation is 4. The molecule has 0 bridgehead atoms. The van der Waals surface area contributed by atoms with Gasteiger partial charge in [-0.25, -0.2) is 0 Å². The van der Waals surface area contributed by atoms with Crippen molar-refractivity contribution in [1.82, 2.24) is 0 Å². The fourth-order valence-electron chi connectivity index (χ4n) is 11.3. The Labute approximate surface area is 377 Å². The van der Waals surface area contributed by atoms with Gasteiger partial charge in [-0.2, -0.15) is 0 Å². The summed E-state index contributed by atoms with van der Waals surface area (Å²) in [5, 5.41) is 0.337. The molecular formula is C58H65BN2S. The van der Waals surface area contributed by atoms with Crippen LogP contribution >= 0.6 is 11.8 Å². The Morgan fingerprint density at radius 1 is 0.613 bits per heavy atom. The van der Waals surface area contributed by atoms with E-state index in [2.05, 4.69) is 222 Å². The smallest absolute Gasteiger partial charge is 0.259 e. The minimum Gasteiger partial charge on any atom is -0.314 e. The highest BCUT2D eigenvalue weighted by atomic mass is 32.2. The predicted molar refractivity (Wildman–Crippen MR) is 272 cm³/mol. The van der Waals surface area contributed by atoms with E-state index in [1.807, 2.05) is 0 Å². The standard InChI is InChI=1S/C58H65BN2S/c1-34-15-22-41(37(4)27-34)42-23-16-35(2)28-47(42)61-48-33-45-44(57(11,12)25-26-58(45,13)14)32-46(48)59-52-49(29-36(3)30-50(52)61)60(40-20-17-38(18-21-40)55(5,6)7)53-43-31-39(56(8,9)10)19-24-51(43)62-54(53)59/h15-24,27-33,43,51H,25-26H2,1-14H3. The first-order chi connectivity index (χ1) is 29.1. The lowest BCUT2D eigenvalue weighted by atomic mass is 9.36. The molecule has 2 nitrogen and oxygen atoms in total. The normalized spacial score (nSPS) is 20.7. The molecule has 2 aliphatic carbocycles. The summed E-state index contributed by atoms with van der Waals surface area (Å²) in [6, 6.07) is 34.1. The van der Waals surface area contributed by atoms with E-state index in [-0.39, 0.29) is 34.3 Å². The number of hydrogen-bond acceptors (Lipinski definition) is 3. The molecule has 0 fully saturated rings. The van der Waals surface area contributed by atoms with Gasteiger partial charge in [0.1, 0.15) is 0 Å². The molecule has 2 unspecified atom stereocenters. The van der Waals surface area contributed by atoms with Crippen molar-refractivity contribution >= 4 is 57.8 Å². The van der Waals surface area contributed by atoms with E-state index in [9.17, 15) is 0 Å². The zero-order valence-corrected chi connectivity index (χ0v) is 40.6. The van der Waals surface area contributed by atoms with Crippen LogP contribution in [0.4, 0.5) is 28.4 Å². The number of nitrogens with zero attached hydrogens (tertiary/aromatic N) is 2. The number of rotatable bonds is 3. The van der Waals surface area contributed by atoms with Gasteiger partial charge in [-0.05, 0) is 159 Å². The van der Waals surface area contributed by atoms with Crippen LogP contribution in [0.25, 0.3) is 11.1 Å². The molecule has 5 aliphatic rings. The summed E-state index contributed by atoms with van der Waals surface area (Å²) in [6.07, 6.45) is 9.96. The van der Waals surface area contributed by atoms with Crippen molar-refractivity contribution in [3.05, 3.63) is 158 Å². The second-order valence-electron chi connectivity index (χ2n) is 22.8. The van der Waals surface area contributed by atoms with Gasteiger partial charge in [0, 0.05) is 45.2 Å². The third-order valence-corrected chi connectivity index (χ3v) is 16.5. The Hall–Kier alpha value is -4.67. The summed E-state index contributed by atoms with van der Waals surface area (Å²) < 4.78 is 0. The first-order valence-corrected chi connectivity index (χ1v) is 24.0. The van der Waals surface area contributed by atoms with Gasteiger partial charge in [-0.1, -0.05) is 142 Å². The van der Waals surface area contributed by atoms with E-state index < -0.39 is 0 Å². The van der Waals surface area contributed by atoms with Crippen molar-refractivity contribution < 1.29 is 0 Å². The maximum absolute atomic E-state index is 2.70. The van der Waals surface area contributed by atoms with Gasteiger partial charge in [0.15, 0.2) is 0 Å². The molecule has 0 spiro atoms. The second-order valence-corrected chi connectivity index (χ2v) is 24.0. The van der Waals surface area contributed by atoms with Gasteiger partial charge in [0.2, 0.25) is 0 Å². The van der Waals surface area contributed by atoms with Gasteiger partial charge >= 0.3 is 0 Å². The summed E-state index contributed by atoms with van der Waals surface area (Å²) in [5.74, 6) is 0.260. The van der Waals surface area contributed by atoms with Crippen LogP contribution in [0.5, 0.6) is 0 Å². The average Bonchev–Trinajstić information content (AvgIpc) is 3.57. The number of allylic oxidation sites excluding steroid dienone is 3. The number of benzene rings is 5. The zero-order chi connectivity index (χ0) is 44.0. The van der Waals surface area contributed by atoms with Gasteiger partial charge in [-0.3, -0.25) is 0 Å². The fourth-order valence-corrected chi connectivity index (χ4v) is 12.9. The highest BCUT2D eigenvalue weighted by Gasteiger charge is 2.52. The van der Waals surface area contributed by atoms with Crippen molar-refractivity contribution in [2.24, 2.45) is 11.3 Å². The molecule has 3 heterocycles. The van der Waals surface area contributed by atoms with Crippen molar-refractivity contribution in [1.29, 1.82) is 0 Å². The lowest BCUT2D eigenvalue weighted by Gasteiger charge is -2.47. The first-order valence-electron chi connectivity index (χ1n) is 23.2. The van der Waals surface area contributed by atoms with Crippen LogP contribution in [0.15, 0.2) is 119 Å². The molecule has 0 saturated heterocycles. The van der Waals surface area contributed by atoms with Crippen LogP contribution in [0.1, 0.15) is 121 Å². The third-order valence-electron chi connectivity index (χ3n) is 15.0. The molecule has 4 heteroatoms. The van der Waals surface area contributed by atoms with Crippen LogP contribution in [0.3, 0.4) is 0 Å². The van der Waals surface area contributed by atoms with Crippen LogP contribution in [-0.2, 0) is 16.2 Å². The number of hydrogen-bond donors (Lipinski definition) is 0. The highest BCUT2D eigenvalue weighted by Crippen LogP contribution is 2.58. The topological polar surface area (TPSA) is 6.48 Å². The molecule has 2 atom stereocenters. The molecule has 0 radical (unpaired) electrons. The van der Waals surface area contributed by atoms with E-state index in [4.69, 9.17) is 0 Å². The Morgan fingerprint density at radius 3 is 1.84 bits per heavy atom. The molecule has 10 rings (SSSR count). The van der Waals surface area contributed by atoms with Crippen molar-refractivity contribution in [2.75, 3.05) is 9.80 Å². The molecule has 0 N–H and O–H groups in total. The zero-order valence-electron chi connectivity index (χ0n) is 39.8. The summed E-state index contributed by atoms with van der Waals surface area (Å²) in [5.41, 5.74) is 24.6. The molecule has 0 amide bonds. The molecular weight excluding hydrogens is 768 g/mol. The fraction of sp³-hybridized carbons (Fsp3) is 0.379. The van der Waals surface area contributed by atoms with E-state index in [0.717, 1.165) is 0 Å². The Bertz CT molecular complexity index is 2800. The number of thioether (sulfide) groups is 1.